The molecule has 0 spiro atoms. The molecular formula is C15H15N5O2. The van der Waals surface area contributed by atoms with Gasteiger partial charge in [0.15, 0.2) is 0 Å². The fourth-order valence-corrected chi connectivity index (χ4v) is 1.55. The lowest BCUT2D eigenvalue weighted by atomic mass is 10.2. The van der Waals surface area contributed by atoms with Crippen LogP contribution in [0.2, 0.25) is 0 Å². The molecule has 2 aromatic carbocycles. The Balaban J connectivity index is 1.84. The molecule has 0 fully saturated rings. The van der Waals surface area contributed by atoms with E-state index in [4.69, 9.17) is 5.41 Å². The van der Waals surface area contributed by atoms with Crippen LogP contribution in [-0.4, -0.2) is 28.6 Å². The number of phenols is 2. The monoisotopic (exact) mass is 297 g/mol. The molecule has 7 heteroatoms. The molecule has 0 saturated carbocycles. The summed E-state index contributed by atoms with van der Waals surface area (Å²) in [6.45, 7) is 0. The van der Waals surface area contributed by atoms with Crippen LogP contribution in [0.4, 0.5) is 0 Å². The Bertz CT molecular complexity index is 653. The first-order valence-electron chi connectivity index (χ1n) is 6.39. The standard InChI is InChI=1S/C15H15N5O2/c16-15(19-17-9-11-5-1-3-7-13(11)21)20-18-10-12-6-2-4-8-14(12)22/h1-10,21-22H,(H3,16,19,20)/b17-9+,18-10+. The third kappa shape index (κ3) is 4.34. The quantitative estimate of drug-likeness (QED) is 0.335. The summed E-state index contributed by atoms with van der Waals surface area (Å²) in [5, 5.41) is 34.2. The van der Waals surface area contributed by atoms with Gasteiger partial charge < -0.3 is 10.2 Å². The second-order valence-electron chi connectivity index (χ2n) is 4.23. The van der Waals surface area contributed by atoms with Crippen molar-refractivity contribution >= 4 is 18.4 Å². The Labute approximate surface area is 127 Å². The van der Waals surface area contributed by atoms with Crippen LogP contribution in [-0.2, 0) is 0 Å². The summed E-state index contributed by atoms with van der Waals surface area (Å²) < 4.78 is 0. The second-order valence-corrected chi connectivity index (χ2v) is 4.23. The number of phenolic OH excluding ortho intramolecular Hbond substituents is 2. The van der Waals surface area contributed by atoms with E-state index in [0.29, 0.717) is 11.1 Å². The third-order valence-electron chi connectivity index (χ3n) is 2.63. The van der Waals surface area contributed by atoms with Crippen molar-refractivity contribution in [2.45, 2.75) is 0 Å². The number of nitrogens with zero attached hydrogens (tertiary/aromatic N) is 2. The average Bonchev–Trinajstić information content (AvgIpc) is 2.51. The van der Waals surface area contributed by atoms with Gasteiger partial charge >= 0.3 is 0 Å². The van der Waals surface area contributed by atoms with Crippen LogP contribution < -0.4 is 10.9 Å². The van der Waals surface area contributed by atoms with E-state index in [1.165, 1.54) is 12.4 Å². The topological polar surface area (TPSA) is 113 Å². The number of benzene rings is 2. The Morgan fingerprint density at radius 1 is 0.818 bits per heavy atom. The summed E-state index contributed by atoms with van der Waals surface area (Å²) in [6, 6.07) is 13.4. The molecular weight excluding hydrogens is 282 g/mol. The van der Waals surface area contributed by atoms with E-state index in [1.54, 1.807) is 48.5 Å². The van der Waals surface area contributed by atoms with E-state index in [-0.39, 0.29) is 17.5 Å². The van der Waals surface area contributed by atoms with Crippen LogP contribution >= 0.6 is 0 Å². The Morgan fingerprint density at radius 3 is 1.64 bits per heavy atom. The molecule has 0 amide bonds. The lowest BCUT2D eigenvalue weighted by Crippen LogP contribution is -2.29. The van der Waals surface area contributed by atoms with Gasteiger partial charge in [0.05, 0.1) is 12.4 Å². The van der Waals surface area contributed by atoms with Crippen molar-refractivity contribution in [3.63, 3.8) is 0 Å². The zero-order valence-electron chi connectivity index (χ0n) is 11.6. The van der Waals surface area contributed by atoms with Gasteiger partial charge in [-0.25, -0.2) is 10.9 Å². The molecule has 0 saturated heterocycles. The van der Waals surface area contributed by atoms with E-state index in [1.807, 2.05) is 0 Å². The van der Waals surface area contributed by atoms with Crippen LogP contribution in [0.3, 0.4) is 0 Å². The van der Waals surface area contributed by atoms with Crippen LogP contribution in [0.5, 0.6) is 11.5 Å². The van der Waals surface area contributed by atoms with Crippen molar-refractivity contribution in [2.24, 2.45) is 10.2 Å². The maximum atomic E-state index is 9.53. The Hall–Kier alpha value is -3.35. The van der Waals surface area contributed by atoms with Gasteiger partial charge in [-0.1, -0.05) is 24.3 Å². The second kappa shape index (κ2) is 7.44. The smallest absolute Gasteiger partial charge is 0.230 e. The molecule has 0 unspecified atom stereocenters. The highest BCUT2D eigenvalue weighted by Crippen LogP contribution is 2.13. The Kier molecular flexibility index (Phi) is 5.09. The van der Waals surface area contributed by atoms with Crippen molar-refractivity contribution in [1.82, 2.24) is 10.9 Å². The maximum Gasteiger partial charge on any atom is 0.230 e. The van der Waals surface area contributed by atoms with Crippen LogP contribution in [0, 0.1) is 5.41 Å². The highest BCUT2D eigenvalue weighted by Gasteiger charge is 1.96. The van der Waals surface area contributed by atoms with Gasteiger partial charge in [0.1, 0.15) is 11.5 Å². The predicted octanol–water partition coefficient (Wildman–Crippen LogP) is 1.58. The zero-order chi connectivity index (χ0) is 15.8. The molecule has 0 aliphatic heterocycles. The fourth-order valence-electron chi connectivity index (χ4n) is 1.55. The van der Waals surface area contributed by atoms with Crippen molar-refractivity contribution in [2.75, 3.05) is 0 Å². The molecule has 2 rings (SSSR count). The van der Waals surface area contributed by atoms with Gasteiger partial charge in [0, 0.05) is 11.1 Å². The van der Waals surface area contributed by atoms with Gasteiger partial charge in [-0.05, 0) is 24.3 Å². The molecule has 0 heterocycles. The molecule has 0 aromatic heterocycles. The highest BCUT2D eigenvalue weighted by molar-refractivity contribution is 5.86. The van der Waals surface area contributed by atoms with Gasteiger partial charge in [0.25, 0.3) is 0 Å². The van der Waals surface area contributed by atoms with E-state index in [2.05, 4.69) is 21.1 Å². The number of hydrazone groups is 2. The number of para-hydroxylation sites is 2. The predicted molar refractivity (Wildman–Crippen MR) is 85.4 cm³/mol. The first-order chi connectivity index (χ1) is 10.7. The van der Waals surface area contributed by atoms with Crippen molar-refractivity contribution in [1.29, 1.82) is 5.41 Å². The number of nitrogens with one attached hydrogen (secondary N) is 3. The maximum absolute atomic E-state index is 9.53. The van der Waals surface area contributed by atoms with E-state index in [9.17, 15) is 10.2 Å². The minimum Gasteiger partial charge on any atom is -0.507 e. The molecule has 0 bridgehead atoms. The lowest BCUT2D eigenvalue weighted by Gasteiger charge is -2.02. The minimum atomic E-state index is -0.154. The molecule has 2 aromatic rings. The van der Waals surface area contributed by atoms with Crippen molar-refractivity contribution in [3.05, 3.63) is 59.7 Å². The fraction of sp³-hybridized carbons (Fsp3) is 0. The number of hydrogen-bond donors (Lipinski definition) is 5. The van der Waals surface area contributed by atoms with Crippen LogP contribution in [0.15, 0.2) is 58.7 Å². The normalized spacial score (nSPS) is 10.9. The summed E-state index contributed by atoms with van der Waals surface area (Å²) in [7, 11) is 0. The minimum absolute atomic E-state index is 0.102. The van der Waals surface area contributed by atoms with Gasteiger partial charge in [-0.15, -0.1) is 0 Å². The number of aromatic hydroxyl groups is 2. The molecule has 7 nitrogen and oxygen atoms in total. The summed E-state index contributed by atoms with van der Waals surface area (Å²) in [6.07, 6.45) is 2.77. The first-order valence-corrected chi connectivity index (χ1v) is 6.39. The third-order valence-corrected chi connectivity index (χ3v) is 2.63. The van der Waals surface area contributed by atoms with Crippen molar-refractivity contribution < 1.29 is 10.2 Å². The summed E-state index contributed by atoms with van der Waals surface area (Å²) in [5.41, 5.74) is 5.88. The largest absolute Gasteiger partial charge is 0.507 e. The van der Waals surface area contributed by atoms with Crippen molar-refractivity contribution in [3.8, 4) is 11.5 Å². The molecule has 0 aliphatic carbocycles. The lowest BCUT2D eigenvalue weighted by molar-refractivity contribution is 0.474. The Morgan fingerprint density at radius 2 is 1.23 bits per heavy atom. The number of hydrogen-bond acceptors (Lipinski definition) is 5. The van der Waals surface area contributed by atoms with E-state index < -0.39 is 0 Å². The average molecular weight is 297 g/mol. The van der Waals surface area contributed by atoms with Crippen LogP contribution in [0.25, 0.3) is 0 Å². The SMILES string of the molecule is N=C(N/N=C/c1ccccc1O)N/N=C/c1ccccc1O. The summed E-state index contributed by atoms with van der Waals surface area (Å²) in [4.78, 5) is 0. The first kappa shape index (κ1) is 15.0. The molecule has 112 valence electrons. The molecule has 5 N–H and O–H groups in total. The zero-order valence-corrected chi connectivity index (χ0v) is 11.6. The number of guanidine groups is 1. The van der Waals surface area contributed by atoms with Gasteiger partial charge in [0.2, 0.25) is 5.96 Å². The van der Waals surface area contributed by atoms with Gasteiger partial charge in [-0.3, -0.25) is 5.41 Å². The highest BCUT2D eigenvalue weighted by atomic mass is 16.3. The molecule has 0 atom stereocenters. The molecule has 0 radical (unpaired) electrons. The summed E-state index contributed by atoms with van der Waals surface area (Å²) >= 11 is 0. The van der Waals surface area contributed by atoms with E-state index >= 15 is 0 Å². The molecule has 0 aliphatic rings. The number of rotatable bonds is 4. The van der Waals surface area contributed by atoms with Gasteiger partial charge in [-0.2, -0.15) is 10.2 Å². The van der Waals surface area contributed by atoms with Crippen LogP contribution in [0.1, 0.15) is 11.1 Å². The molecule has 22 heavy (non-hydrogen) atoms. The van der Waals surface area contributed by atoms with E-state index in [0.717, 1.165) is 0 Å². The summed E-state index contributed by atoms with van der Waals surface area (Å²) in [5.74, 6) is 0.0496.